The van der Waals surface area contributed by atoms with Crippen LogP contribution in [0.15, 0.2) is 23.2 Å². The van der Waals surface area contributed by atoms with Crippen molar-refractivity contribution in [3.63, 3.8) is 0 Å². The van der Waals surface area contributed by atoms with E-state index in [2.05, 4.69) is 46.5 Å². The second-order valence-electron chi connectivity index (χ2n) is 4.72. The molecule has 0 aliphatic carbocycles. The van der Waals surface area contributed by atoms with Crippen molar-refractivity contribution >= 4 is 11.3 Å². The second-order valence-corrected chi connectivity index (χ2v) is 5.43. The van der Waals surface area contributed by atoms with Crippen LogP contribution in [0.25, 0.3) is 0 Å². The van der Waals surface area contributed by atoms with E-state index >= 15 is 0 Å². The Morgan fingerprint density at radius 1 is 1.37 bits per heavy atom. The minimum Gasteiger partial charge on any atom is -0.311 e. The van der Waals surface area contributed by atoms with Gasteiger partial charge < -0.3 is 5.32 Å². The fraction of sp³-hybridized carbons (Fsp3) is 0.571. The van der Waals surface area contributed by atoms with Crippen molar-refractivity contribution in [2.24, 2.45) is 0 Å². The zero-order valence-corrected chi connectivity index (χ0v) is 12.7. The largest absolute Gasteiger partial charge is 0.311 e. The maximum absolute atomic E-state index is 4.70. The maximum atomic E-state index is 4.70. The SMILES string of the molecule is CCC(CC)n1ccc(CC(NC)c2cscn2)n1. The van der Waals surface area contributed by atoms with Gasteiger partial charge in [-0.25, -0.2) is 4.98 Å². The van der Waals surface area contributed by atoms with Crippen LogP contribution in [0.5, 0.6) is 0 Å². The molecule has 2 aromatic rings. The fourth-order valence-corrected chi connectivity index (χ4v) is 2.92. The van der Waals surface area contributed by atoms with Gasteiger partial charge in [-0.1, -0.05) is 13.8 Å². The highest BCUT2D eigenvalue weighted by molar-refractivity contribution is 7.07. The summed E-state index contributed by atoms with van der Waals surface area (Å²) in [5, 5.41) is 10.1. The number of hydrogen-bond donors (Lipinski definition) is 1. The maximum Gasteiger partial charge on any atom is 0.0795 e. The average molecular weight is 278 g/mol. The Kier molecular flexibility index (Phi) is 5.10. The highest BCUT2D eigenvalue weighted by Gasteiger charge is 2.15. The summed E-state index contributed by atoms with van der Waals surface area (Å²) >= 11 is 1.63. The molecular weight excluding hydrogens is 256 g/mol. The summed E-state index contributed by atoms with van der Waals surface area (Å²) < 4.78 is 2.10. The third-order valence-corrected chi connectivity index (χ3v) is 4.16. The van der Waals surface area contributed by atoms with Crippen molar-refractivity contribution in [3.8, 4) is 0 Å². The molecular formula is C14H22N4S. The molecule has 2 heterocycles. The Labute approximate surface area is 118 Å². The third kappa shape index (κ3) is 3.42. The van der Waals surface area contributed by atoms with Gasteiger partial charge in [0, 0.05) is 18.0 Å². The Bertz CT molecular complexity index is 473. The molecule has 0 aliphatic heterocycles. The van der Waals surface area contributed by atoms with Crippen LogP contribution < -0.4 is 5.32 Å². The molecule has 0 radical (unpaired) electrons. The molecule has 0 spiro atoms. The molecule has 0 fully saturated rings. The van der Waals surface area contributed by atoms with Crippen LogP contribution in [-0.2, 0) is 6.42 Å². The number of nitrogens with zero attached hydrogens (tertiary/aromatic N) is 3. The van der Waals surface area contributed by atoms with Crippen molar-refractivity contribution in [2.45, 2.75) is 45.2 Å². The summed E-state index contributed by atoms with van der Waals surface area (Å²) in [5.74, 6) is 0. The molecule has 0 aromatic carbocycles. The first-order valence-corrected chi connectivity index (χ1v) is 7.82. The van der Waals surface area contributed by atoms with Crippen molar-refractivity contribution in [2.75, 3.05) is 7.05 Å². The highest BCUT2D eigenvalue weighted by atomic mass is 32.1. The van der Waals surface area contributed by atoms with E-state index < -0.39 is 0 Å². The van der Waals surface area contributed by atoms with E-state index in [0.717, 1.165) is 30.7 Å². The van der Waals surface area contributed by atoms with Gasteiger partial charge in [-0.15, -0.1) is 11.3 Å². The van der Waals surface area contributed by atoms with Crippen LogP contribution >= 0.6 is 11.3 Å². The zero-order valence-electron chi connectivity index (χ0n) is 11.8. The molecule has 19 heavy (non-hydrogen) atoms. The molecule has 5 heteroatoms. The van der Waals surface area contributed by atoms with Gasteiger partial charge in [0.2, 0.25) is 0 Å². The van der Waals surface area contributed by atoms with E-state index in [1.54, 1.807) is 11.3 Å². The summed E-state index contributed by atoms with van der Waals surface area (Å²) in [6, 6.07) is 2.88. The summed E-state index contributed by atoms with van der Waals surface area (Å²) in [5.41, 5.74) is 4.10. The summed E-state index contributed by atoms with van der Waals surface area (Å²) in [6.45, 7) is 4.42. The first-order chi connectivity index (χ1) is 9.28. The molecule has 1 N–H and O–H groups in total. The van der Waals surface area contributed by atoms with E-state index in [9.17, 15) is 0 Å². The standard InChI is InChI=1S/C14H22N4S/c1-4-12(5-2)18-7-6-11(17-18)8-13(15-3)14-9-19-10-16-14/h6-7,9-10,12-13,15H,4-5,8H2,1-3H3. The number of rotatable bonds is 7. The predicted octanol–water partition coefficient (Wildman–Crippen LogP) is 3.20. The number of hydrogen-bond acceptors (Lipinski definition) is 4. The lowest BCUT2D eigenvalue weighted by molar-refractivity contribution is 0.423. The van der Waals surface area contributed by atoms with Crippen molar-refractivity contribution in [1.29, 1.82) is 0 Å². The van der Waals surface area contributed by atoms with Crippen molar-refractivity contribution in [1.82, 2.24) is 20.1 Å². The lowest BCUT2D eigenvalue weighted by atomic mass is 10.1. The second kappa shape index (κ2) is 6.82. The lowest BCUT2D eigenvalue weighted by Crippen LogP contribution is -2.19. The fourth-order valence-electron chi connectivity index (χ4n) is 2.31. The molecule has 1 unspecified atom stereocenters. The summed E-state index contributed by atoms with van der Waals surface area (Å²) in [4.78, 5) is 4.38. The molecule has 0 saturated heterocycles. The first-order valence-electron chi connectivity index (χ1n) is 6.87. The van der Waals surface area contributed by atoms with Gasteiger partial charge in [-0.05, 0) is 26.0 Å². The molecule has 1 atom stereocenters. The third-order valence-electron chi connectivity index (χ3n) is 3.55. The van der Waals surface area contributed by atoms with E-state index in [1.807, 2.05) is 12.6 Å². The van der Waals surface area contributed by atoms with Crippen LogP contribution in [0.4, 0.5) is 0 Å². The van der Waals surface area contributed by atoms with Crippen LogP contribution in [0.3, 0.4) is 0 Å². The number of likely N-dealkylation sites (N-methyl/N-ethyl adjacent to an activating group) is 1. The van der Waals surface area contributed by atoms with E-state index in [4.69, 9.17) is 5.10 Å². The topological polar surface area (TPSA) is 42.7 Å². The van der Waals surface area contributed by atoms with Gasteiger partial charge in [0.25, 0.3) is 0 Å². The van der Waals surface area contributed by atoms with Crippen molar-refractivity contribution in [3.05, 3.63) is 34.5 Å². The van der Waals surface area contributed by atoms with E-state index in [1.165, 1.54) is 0 Å². The smallest absolute Gasteiger partial charge is 0.0795 e. The monoisotopic (exact) mass is 278 g/mol. The summed E-state index contributed by atoms with van der Waals surface area (Å²) in [6.07, 6.45) is 5.23. The van der Waals surface area contributed by atoms with E-state index in [0.29, 0.717) is 6.04 Å². The molecule has 104 valence electrons. The molecule has 0 aliphatic rings. The quantitative estimate of drug-likeness (QED) is 0.845. The van der Waals surface area contributed by atoms with Gasteiger partial charge in [-0.3, -0.25) is 4.68 Å². The van der Waals surface area contributed by atoms with Crippen LogP contribution in [0.1, 0.15) is 50.2 Å². The molecule has 2 aromatic heterocycles. The number of aromatic nitrogens is 3. The Hall–Kier alpha value is -1.20. The van der Waals surface area contributed by atoms with Gasteiger partial charge >= 0.3 is 0 Å². The predicted molar refractivity (Wildman–Crippen MR) is 79.5 cm³/mol. The number of thiazole rings is 1. The lowest BCUT2D eigenvalue weighted by Gasteiger charge is -2.14. The molecule has 0 saturated carbocycles. The molecule has 0 amide bonds. The average Bonchev–Trinajstić information content (AvgIpc) is 3.09. The van der Waals surface area contributed by atoms with Gasteiger partial charge in [0.1, 0.15) is 0 Å². The molecule has 2 rings (SSSR count). The summed E-state index contributed by atoms with van der Waals surface area (Å²) in [7, 11) is 1.97. The minimum atomic E-state index is 0.247. The van der Waals surface area contributed by atoms with Gasteiger partial charge in [-0.2, -0.15) is 5.10 Å². The van der Waals surface area contributed by atoms with Crippen LogP contribution in [0, 0.1) is 0 Å². The van der Waals surface area contributed by atoms with Crippen molar-refractivity contribution < 1.29 is 0 Å². The Morgan fingerprint density at radius 2 is 2.16 bits per heavy atom. The Balaban J connectivity index is 2.06. The first kappa shape index (κ1) is 14.2. The van der Waals surface area contributed by atoms with Gasteiger partial charge in [0.15, 0.2) is 0 Å². The normalized spacial score (nSPS) is 13.1. The van der Waals surface area contributed by atoms with Crippen LogP contribution in [-0.4, -0.2) is 21.8 Å². The molecule has 0 bridgehead atoms. The zero-order chi connectivity index (χ0) is 13.7. The number of nitrogens with one attached hydrogen (secondary N) is 1. The van der Waals surface area contributed by atoms with Crippen LogP contribution in [0.2, 0.25) is 0 Å². The minimum absolute atomic E-state index is 0.247. The Morgan fingerprint density at radius 3 is 2.74 bits per heavy atom. The van der Waals surface area contributed by atoms with E-state index in [-0.39, 0.29) is 6.04 Å². The highest BCUT2D eigenvalue weighted by Crippen LogP contribution is 2.19. The molecule has 4 nitrogen and oxygen atoms in total. The van der Waals surface area contributed by atoms with Gasteiger partial charge in [0.05, 0.1) is 29.0 Å².